The van der Waals surface area contributed by atoms with Crippen molar-refractivity contribution in [1.82, 2.24) is 4.57 Å². The molecule has 0 amide bonds. The first-order valence-corrected chi connectivity index (χ1v) is 8.16. The van der Waals surface area contributed by atoms with Crippen LogP contribution in [0.3, 0.4) is 0 Å². The second-order valence-electron chi connectivity index (χ2n) is 6.42. The molecule has 116 valence electrons. The van der Waals surface area contributed by atoms with Gasteiger partial charge in [-0.25, -0.2) is 0 Å². The van der Waals surface area contributed by atoms with Crippen LogP contribution in [-0.4, -0.2) is 4.57 Å². The Morgan fingerprint density at radius 1 is 1.09 bits per heavy atom. The molecule has 1 unspecified atom stereocenters. The summed E-state index contributed by atoms with van der Waals surface area (Å²) in [7, 11) is 0. The van der Waals surface area contributed by atoms with E-state index in [0.29, 0.717) is 5.92 Å². The molecule has 0 spiro atoms. The quantitative estimate of drug-likeness (QED) is 0.798. The van der Waals surface area contributed by atoms with E-state index in [9.17, 15) is 4.79 Å². The van der Waals surface area contributed by atoms with E-state index in [1.54, 1.807) is 4.57 Å². The minimum absolute atomic E-state index is 0.0449. The Morgan fingerprint density at radius 3 is 2.48 bits per heavy atom. The maximum atomic E-state index is 13.3. The molecule has 0 saturated heterocycles. The molecule has 3 heteroatoms. The van der Waals surface area contributed by atoms with Crippen LogP contribution in [0, 0.1) is 0 Å². The van der Waals surface area contributed by atoms with Gasteiger partial charge in [-0.05, 0) is 54.8 Å². The number of aromatic nitrogens is 1. The van der Waals surface area contributed by atoms with Crippen molar-refractivity contribution in [3.63, 3.8) is 0 Å². The Labute approximate surface area is 135 Å². The monoisotopic (exact) mass is 304 g/mol. The first-order valence-electron chi connectivity index (χ1n) is 8.16. The molecule has 1 aromatic heterocycles. The van der Waals surface area contributed by atoms with Crippen LogP contribution < -0.4 is 11.3 Å². The molecule has 2 aromatic carbocycles. The molecular formula is C20H20N2O. The maximum Gasteiger partial charge on any atom is 0.263 e. The van der Waals surface area contributed by atoms with Gasteiger partial charge in [0, 0.05) is 17.4 Å². The number of fused-ring (bicyclic) bond motifs is 1. The first-order chi connectivity index (χ1) is 11.2. The molecule has 1 aliphatic rings. The number of pyridine rings is 1. The molecule has 0 aliphatic heterocycles. The molecule has 2 N–H and O–H groups in total. The zero-order valence-corrected chi connectivity index (χ0v) is 13.2. The predicted molar refractivity (Wildman–Crippen MR) is 94.1 cm³/mol. The number of hydrogen-bond acceptors (Lipinski definition) is 2. The molecule has 3 nitrogen and oxygen atoms in total. The average molecular weight is 304 g/mol. The number of hydrogen-bond donors (Lipinski definition) is 1. The van der Waals surface area contributed by atoms with Gasteiger partial charge < -0.3 is 5.73 Å². The van der Waals surface area contributed by atoms with Crippen molar-refractivity contribution in [2.24, 2.45) is 5.73 Å². The topological polar surface area (TPSA) is 48.0 Å². The summed E-state index contributed by atoms with van der Waals surface area (Å²) in [6.07, 6.45) is 2.36. The third-order valence-electron chi connectivity index (χ3n) is 4.61. The summed E-state index contributed by atoms with van der Waals surface area (Å²) >= 11 is 0. The van der Waals surface area contributed by atoms with Crippen LogP contribution in [0.15, 0.2) is 59.4 Å². The Morgan fingerprint density at radius 2 is 1.83 bits per heavy atom. The molecule has 0 radical (unpaired) electrons. The van der Waals surface area contributed by atoms with Gasteiger partial charge in [0.25, 0.3) is 5.56 Å². The molecule has 1 saturated carbocycles. The zero-order valence-electron chi connectivity index (χ0n) is 13.2. The lowest BCUT2D eigenvalue weighted by Crippen LogP contribution is -2.26. The Hall–Kier alpha value is -2.39. The summed E-state index contributed by atoms with van der Waals surface area (Å²) in [6, 6.07) is 17.8. The summed E-state index contributed by atoms with van der Waals surface area (Å²) in [5.41, 5.74) is 9.12. The molecule has 0 bridgehead atoms. The largest absolute Gasteiger partial charge is 0.323 e. The fraction of sp³-hybridized carbons (Fsp3) is 0.250. The minimum Gasteiger partial charge on any atom is -0.323 e. The van der Waals surface area contributed by atoms with E-state index < -0.39 is 0 Å². The van der Waals surface area contributed by atoms with Crippen LogP contribution in [0.4, 0.5) is 0 Å². The lowest BCUT2D eigenvalue weighted by Gasteiger charge is -2.18. The van der Waals surface area contributed by atoms with Crippen LogP contribution in [0.25, 0.3) is 16.5 Å². The van der Waals surface area contributed by atoms with Crippen molar-refractivity contribution < 1.29 is 0 Å². The van der Waals surface area contributed by atoms with E-state index >= 15 is 0 Å². The van der Waals surface area contributed by atoms with Crippen LogP contribution in [0.5, 0.6) is 0 Å². The van der Waals surface area contributed by atoms with E-state index in [2.05, 4.69) is 12.1 Å². The van der Waals surface area contributed by atoms with E-state index in [1.165, 1.54) is 18.4 Å². The number of para-hydroxylation sites is 1. The van der Waals surface area contributed by atoms with Crippen LogP contribution in [-0.2, 0) is 0 Å². The molecule has 23 heavy (non-hydrogen) atoms. The van der Waals surface area contributed by atoms with E-state index in [0.717, 1.165) is 22.2 Å². The van der Waals surface area contributed by atoms with Gasteiger partial charge in [0.15, 0.2) is 0 Å². The van der Waals surface area contributed by atoms with Gasteiger partial charge in [-0.3, -0.25) is 9.36 Å². The van der Waals surface area contributed by atoms with Gasteiger partial charge in [-0.15, -0.1) is 0 Å². The van der Waals surface area contributed by atoms with E-state index in [1.807, 2.05) is 49.4 Å². The van der Waals surface area contributed by atoms with Crippen molar-refractivity contribution in [3.05, 3.63) is 76.2 Å². The summed E-state index contributed by atoms with van der Waals surface area (Å²) in [6.45, 7) is 1.92. The Bertz CT molecular complexity index is 922. The van der Waals surface area contributed by atoms with Crippen molar-refractivity contribution in [2.75, 3.05) is 0 Å². The van der Waals surface area contributed by atoms with Crippen LogP contribution >= 0.6 is 0 Å². The lowest BCUT2D eigenvalue weighted by atomic mass is 10.0. The summed E-state index contributed by atoms with van der Waals surface area (Å²) in [5, 5.41) is 1.85. The summed E-state index contributed by atoms with van der Waals surface area (Å²) < 4.78 is 1.78. The summed E-state index contributed by atoms with van der Waals surface area (Å²) in [4.78, 5) is 13.3. The highest BCUT2D eigenvalue weighted by Crippen LogP contribution is 2.42. The van der Waals surface area contributed by atoms with Crippen molar-refractivity contribution in [2.45, 2.75) is 31.7 Å². The van der Waals surface area contributed by atoms with Gasteiger partial charge >= 0.3 is 0 Å². The number of benzene rings is 2. The van der Waals surface area contributed by atoms with Gasteiger partial charge in [0.1, 0.15) is 0 Å². The van der Waals surface area contributed by atoms with Gasteiger partial charge in [-0.1, -0.05) is 36.4 Å². The van der Waals surface area contributed by atoms with Crippen molar-refractivity contribution >= 4 is 10.8 Å². The second kappa shape index (κ2) is 5.36. The third kappa shape index (κ3) is 2.37. The SMILES string of the molecule is CC(N)c1cc2cccc(C3CC3)c2c(=O)n1-c1ccccc1. The van der Waals surface area contributed by atoms with E-state index in [-0.39, 0.29) is 11.6 Å². The fourth-order valence-electron chi connectivity index (χ4n) is 3.32. The number of rotatable bonds is 3. The first kappa shape index (κ1) is 14.2. The Kier molecular flexibility index (Phi) is 3.31. The highest BCUT2D eigenvalue weighted by molar-refractivity contribution is 5.86. The molecule has 1 aliphatic carbocycles. The third-order valence-corrected chi connectivity index (χ3v) is 4.61. The van der Waals surface area contributed by atoms with Crippen molar-refractivity contribution in [1.29, 1.82) is 0 Å². The van der Waals surface area contributed by atoms with Gasteiger partial charge in [0.2, 0.25) is 0 Å². The zero-order chi connectivity index (χ0) is 16.0. The van der Waals surface area contributed by atoms with Gasteiger partial charge in [-0.2, -0.15) is 0 Å². The molecule has 4 rings (SSSR count). The van der Waals surface area contributed by atoms with Gasteiger partial charge in [0.05, 0.1) is 5.39 Å². The maximum absolute atomic E-state index is 13.3. The molecular weight excluding hydrogens is 284 g/mol. The Balaban J connectivity index is 2.11. The predicted octanol–water partition coefficient (Wildman–Crippen LogP) is 3.89. The molecule has 1 atom stereocenters. The second-order valence-corrected chi connectivity index (χ2v) is 6.42. The molecule has 3 aromatic rings. The smallest absolute Gasteiger partial charge is 0.263 e. The molecule has 1 heterocycles. The normalized spacial score (nSPS) is 15.7. The highest BCUT2D eigenvalue weighted by Gasteiger charge is 2.27. The minimum atomic E-state index is -0.211. The standard InChI is InChI=1S/C20H20N2O/c1-13(21)18-12-15-6-5-9-17(14-10-11-14)19(15)20(23)22(18)16-7-3-2-4-8-16/h2-9,12-14H,10-11,21H2,1H3. The number of nitrogens with zero attached hydrogens (tertiary/aromatic N) is 1. The fourth-order valence-corrected chi connectivity index (χ4v) is 3.32. The lowest BCUT2D eigenvalue weighted by molar-refractivity contribution is 0.734. The average Bonchev–Trinajstić information content (AvgIpc) is 3.39. The van der Waals surface area contributed by atoms with Crippen molar-refractivity contribution in [3.8, 4) is 5.69 Å². The summed E-state index contributed by atoms with van der Waals surface area (Å²) in [5.74, 6) is 0.539. The number of nitrogens with two attached hydrogens (primary N) is 1. The van der Waals surface area contributed by atoms with Crippen LogP contribution in [0.2, 0.25) is 0 Å². The highest BCUT2D eigenvalue weighted by atomic mass is 16.1. The van der Waals surface area contributed by atoms with Crippen LogP contribution in [0.1, 0.15) is 43.0 Å². The molecule has 1 fully saturated rings. The van der Waals surface area contributed by atoms with E-state index in [4.69, 9.17) is 5.73 Å².